The molecule has 2 aromatic rings. The normalized spacial score (nSPS) is 15.2. The number of benzene rings is 2. The molecule has 2 aromatic carbocycles. The van der Waals surface area contributed by atoms with Crippen LogP contribution in [0, 0.1) is 6.92 Å². The molecule has 1 amide bonds. The third-order valence-corrected chi connectivity index (χ3v) is 6.78. The molecule has 1 aliphatic rings. The fourth-order valence-electron chi connectivity index (χ4n) is 3.71. The fraction of sp³-hybridized carbons (Fsp3) is 0.435. The van der Waals surface area contributed by atoms with E-state index < -0.39 is 16.1 Å². The van der Waals surface area contributed by atoms with Crippen LogP contribution in [0.4, 0.5) is 5.69 Å². The van der Waals surface area contributed by atoms with Crippen molar-refractivity contribution in [1.82, 2.24) is 4.72 Å². The Morgan fingerprint density at radius 3 is 2.39 bits per heavy atom. The largest absolute Gasteiger partial charge is 0.490 e. The molecule has 0 radical (unpaired) electrons. The molecule has 0 unspecified atom stereocenters. The number of hydrogen-bond acceptors (Lipinski definition) is 5. The standard InChI is InChI=1S/C23H30N2O5S/c1-5-29-21-12-9-18(15-22(21)30-6-2)17(4)24-31(27,28)19-10-11-20(16(3)14-19)25-13-7-8-23(25)26/h9-12,14-15,17,24H,5-8,13H2,1-4H3/t17-/m0/s1. The Balaban J connectivity index is 1.81. The minimum atomic E-state index is -3.75. The minimum absolute atomic E-state index is 0.0751. The van der Waals surface area contributed by atoms with E-state index in [4.69, 9.17) is 9.47 Å². The maximum atomic E-state index is 13.0. The first kappa shape index (κ1) is 23.1. The predicted octanol–water partition coefficient (Wildman–Crippen LogP) is 3.96. The molecule has 0 aliphatic carbocycles. The number of sulfonamides is 1. The second-order valence-electron chi connectivity index (χ2n) is 7.51. The second kappa shape index (κ2) is 9.70. The smallest absolute Gasteiger partial charge is 0.241 e. The molecule has 1 heterocycles. The van der Waals surface area contributed by atoms with E-state index in [1.165, 1.54) is 0 Å². The summed E-state index contributed by atoms with van der Waals surface area (Å²) in [6.07, 6.45) is 1.35. The summed E-state index contributed by atoms with van der Waals surface area (Å²) in [4.78, 5) is 13.9. The van der Waals surface area contributed by atoms with Gasteiger partial charge < -0.3 is 14.4 Å². The van der Waals surface area contributed by atoms with E-state index in [0.29, 0.717) is 37.7 Å². The average Bonchev–Trinajstić information content (AvgIpc) is 3.14. The first-order valence-corrected chi connectivity index (χ1v) is 12.1. The fourth-order valence-corrected chi connectivity index (χ4v) is 5.02. The Morgan fingerprint density at radius 1 is 1.06 bits per heavy atom. The highest BCUT2D eigenvalue weighted by molar-refractivity contribution is 7.89. The molecule has 0 saturated carbocycles. The van der Waals surface area contributed by atoms with Crippen molar-refractivity contribution in [2.45, 2.75) is 51.5 Å². The summed E-state index contributed by atoms with van der Waals surface area (Å²) in [5.41, 5.74) is 2.29. The number of hydrogen-bond donors (Lipinski definition) is 1. The van der Waals surface area contributed by atoms with Crippen molar-refractivity contribution in [3.8, 4) is 11.5 Å². The van der Waals surface area contributed by atoms with Crippen LogP contribution < -0.4 is 19.1 Å². The van der Waals surface area contributed by atoms with Gasteiger partial charge >= 0.3 is 0 Å². The number of carbonyl (C=O) groups is 1. The van der Waals surface area contributed by atoms with Gasteiger partial charge in [0.05, 0.1) is 18.1 Å². The lowest BCUT2D eigenvalue weighted by Crippen LogP contribution is -2.28. The SMILES string of the molecule is CCOc1ccc([C@H](C)NS(=O)(=O)c2ccc(N3CCCC3=O)c(C)c2)cc1OCC. The van der Waals surface area contributed by atoms with Gasteiger partial charge in [0, 0.05) is 24.7 Å². The molecule has 1 atom stereocenters. The molecule has 3 rings (SSSR count). The maximum absolute atomic E-state index is 13.0. The summed E-state index contributed by atoms with van der Waals surface area (Å²) in [5, 5.41) is 0. The number of anilines is 1. The van der Waals surface area contributed by atoms with Crippen LogP contribution in [0.25, 0.3) is 0 Å². The van der Waals surface area contributed by atoms with Crippen LogP contribution in [0.3, 0.4) is 0 Å². The summed E-state index contributed by atoms with van der Waals surface area (Å²) >= 11 is 0. The first-order valence-electron chi connectivity index (χ1n) is 10.6. The monoisotopic (exact) mass is 446 g/mol. The Morgan fingerprint density at radius 2 is 1.77 bits per heavy atom. The maximum Gasteiger partial charge on any atom is 0.241 e. The summed E-state index contributed by atoms with van der Waals surface area (Å²) < 4.78 is 39.9. The van der Waals surface area contributed by atoms with Gasteiger partial charge in [-0.05, 0) is 75.6 Å². The Labute approximate surface area is 184 Å². The molecule has 0 aromatic heterocycles. The van der Waals surface area contributed by atoms with E-state index in [1.54, 1.807) is 42.2 Å². The number of nitrogens with zero attached hydrogens (tertiary/aromatic N) is 1. The predicted molar refractivity (Wildman–Crippen MR) is 120 cm³/mol. The van der Waals surface area contributed by atoms with Gasteiger partial charge in [-0.15, -0.1) is 0 Å². The number of aryl methyl sites for hydroxylation is 1. The molecule has 1 saturated heterocycles. The van der Waals surface area contributed by atoms with E-state index in [1.807, 2.05) is 26.8 Å². The van der Waals surface area contributed by atoms with Crippen molar-refractivity contribution >= 4 is 21.6 Å². The number of amides is 1. The molecule has 1 fully saturated rings. The third kappa shape index (κ3) is 5.19. The van der Waals surface area contributed by atoms with Gasteiger partial charge in [0.25, 0.3) is 0 Å². The topological polar surface area (TPSA) is 84.9 Å². The highest BCUT2D eigenvalue weighted by atomic mass is 32.2. The van der Waals surface area contributed by atoms with Crippen LogP contribution in [0.5, 0.6) is 11.5 Å². The van der Waals surface area contributed by atoms with Crippen LogP contribution >= 0.6 is 0 Å². The van der Waals surface area contributed by atoms with Gasteiger partial charge in [-0.3, -0.25) is 4.79 Å². The molecular formula is C23H30N2O5S. The number of ether oxygens (including phenoxy) is 2. The Bertz CT molecular complexity index is 1050. The average molecular weight is 447 g/mol. The van der Waals surface area contributed by atoms with Crippen LogP contribution in [0.1, 0.15) is 50.8 Å². The first-order chi connectivity index (χ1) is 14.8. The zero-order valence-corrected chi connectivity index (χ0v) is 19.3. The van der Waals surface area contributed by atoms with E-state index in [-0.39, 0.29) is 10.8 Å². The highest BCUT2D eigenvalue weighted by Crippen LogP contribution is 2.32. The van der Waals surface area contributed by atoms with Gasteiger partial charge in [-0.2, -0.15) is 0 Å². The van der Waals surface area contributed by atoms with Crippen molar-refractivity contribution in [1.29, 1.82) is 0 Å². The van der Waals surface area contributed by atoms with Crippen LogP contribution in [-0.2, 0) is 14.8 Å². The van der Waals surface area contributed by atoms with Crippen molar-refractivity contribution < 1.29 is 22.7 Å². The Hall–Kier alpha value is -2.58. The van der Waals surface area contributed by atoms with Gasteiger partial charge in [-0.25, -0.2) is 13.1 Å². The molecular weight excluding hydrogens is 416 g/mol. The highest BCUT2D eigenvalue weighted by Gasteiger charge is 2.25. The summed E-state index contributed by atoms with van der Waals surface area (Å²) in [5.74, 6) is 1.29. The van der Waals surface area contributed by atoms with Gasteiger partial charge in [-0.1, -0.05) is 6.07 Å². The van der Waals surface area contributed by atoms with Crippen LogP contribution in [0.2, 0.25) is 0 Å². The molecule has 0 spiro atoms. The molecule has 7 nitrogen and oxygen atoms in total. The number of rotatable bonds is 9. The lowest BCUT2D eigenvalue weighted by molar-refractivity contribution is -0.117. The second-order valence-corrected chi connectivity index (χ2v) is 9.23. The van der Waals surface area contributed by atoms with E-state index in [2.05, 4.69) is 4.72 Å². The van der Waals surface area contributed by atoms with Crippen molar-refractivity contribution in [3.63, 3.8) is 0 Å². The lowest BCUT2D eigenvalue weighted by atomic mass is 10.1. The molecule has 1 aliphatic heterocycles. The molecule has 31 heavy (non-hydrogen) atoms. The van der Waals surface area contributed by atoms with Crippen LogP contribution in [0.15, 0.2) is 41.3 Å². The van der Waals surface area contributed by atoms with Gasteiger partial charge in [0.15, 0.2) is 11.5 Å². The van der Waals surface area contributed by atoms with Gasteiger partial charge in [0.1, 0.15) is 0 Å². The minimum Gasteiger partial charge on any atom is -0.490 e. The zero-order chi connectivity index (χ0) is 22.6. The van der Waals surface area contributed by atoms with Gasteiger partial charge in [0.2, 0.25) is 15.9 Å². The summed E-state index contributed by atoms with van der Waals surface area (Å²) in [6.45, 7) is 9.05. The van der Waals surface area contributed by atoms with E-state index in [0.717, 1.165) is 23.2 Å². The molecule has 168 valence electrons. The number of nitrogens with one attached hydrogen (secondary N) is 1. The summed E-state index contributed by atoms with van der Waals surface area (Å²) in [7, 11) is -3.75. The van der Waals surface area contributed by atoms with E-state index in [9.17, 15) is 13.2 Å². The quantitative estimate of drug-likeness (QED) is 0.630. The summed E-state index contributed by atoms with van der Waals surface area (Å²) in [6, 6.07) is 9.82. The third-order valence-electron chi connectivity index (χ3n) is 5.24. The van der Waals surface area contributed by atoms with E-state index >= 15 is 0 Å². The van der Waals surface area contributed by atoms with Crippen LogP contribution in [-0.4, -0.2) is 34.1 Å². The molecule has 0 bridgehead atoms. The molecule has 8 heteroatoms. The molecule has 1 N–H and O–H groups in total. The zero-order valence-electron chi connectivity index (χ0n) is 18.5. The Kier molecular flexibility index (Phi) is 7.23. The lowest BCUT2D eigenvalue weighted by Gasteiger charge is -2.20. The van der Waals surface area contributed by atoms with Crippen molar-refractivity contribution in [2.75, 3.05) is 24.7 Å². The van der Waals surface area contributed by atoms with Crippen molar-refractivity contribution in [2.24, 2.45) is 0 Å². The number of carbonyl (C=O) groups excluding carboxylic acids is 1. The van der Waals surface area contributed by atoms with Crippen molar-refractivity contribution in [3.05, 3.63) is 47.5 Å².